The van der Waals surface area contributed by atoms with Gasteiger partial charge in [0.25, 0.3) is 0 Å². The smallest absolute Gasteiger partial charge is 0.323 e. The lowest BCUT2D eigenvalue weighted by Crippen LogP contribution is -2.40. The van der Waals surface area contributed by atoms with Crippen LogP contribution in [-0.4, -0.2) is 18.4 Å². The second-order valence-electron chi connectivity index (χ2n) is 5.57. The molecule has 0 saturated heterocycles. The first-order valence-corrected chi connectivity index (χ1v) is 9.09. The lowest BCUT2D eigenvalue weighted by Gasteiger charge is -2.18. The molecule has 1 N–H and O–H groups in total. The summed E-state index contributed by atoms with van der Waals surface area (Å²) in [6.07, 6.45) is 0.158. The van der Waals surface area contributed by atoms with Crippen LogP contribution < -0.4 is 14.9 Å². The second-order valence-corrected chi connectivity index (χ2v) is 6.36. The van der Waals surface area contributed by atoms with E-state index in [1.807, 2.05) is 12.1 Å². The quantitative estimate of drug-likeness (QED) is 0.338. The van der Waals surface area contributed by atoms with Crippen LogP contribution in [0.3, 0.4) is 0 Å². The van der Waals surface area contributed by atoms with Crippen molar-refractivity contribution in [2.75, 3.05) is 0 Å². The standard InChI is InChI=1S/C21H16Cl2N2O3/c22-18-13-7-8-15(19(18)23)14-24-25-20(26)21(27-16-9-3-1-4-10-16)28-17-11-5-2-6-12-17/h1-14,21H,(H,25,26). The van der Waals surface area contributed by atoms with Gasteiger partial charge in [0.15, 0.2) is 0 Å². The van der Waals surface area contributed by atoms with Gasteiger partial charge in [0, 0.05) is 5.56 Å². The molecule has 0 aliphatic rings. The third kappa shape index (κ3) is 5.49. The van der Waals surface area contributed by atoms with Crippen molar-refractivity contribution in [3.63, 3.8) is 0 Å². The summed E-state index contributed by atoms with van der Waals surface area (Å²) in [6.45, 7) is 0. The molecule has 0 aliphatic carbocycles. The summed E-state index contributed by atoms with van der Waals surface area (Å²) < 4.78 is 11.3. The molecule has 0 aromatic heterocycles. The van der Waals surface area contributed by atoms with E-state index in [2.05, 4.69) is 10.5 Å². The highest BCUT2D eigenvalue weighted by atomic mass is 35.5. The first-order valence-electron chi connectivity index (χ1n) is 8.34. The van der Waals surface area contributed by atoms with Crippen LogP contribution in [0.15, 0.2) is 84.0 Å². The molecule has 3 aromatic rings. The third-order valence-electron chi connectivity index (χ3n) is 3.55. The summed E-state index contributed by atoms with van der Waals surface area (Å²) in [5.74, 6) is 0.392. The molecule has 0 unspecified atom stereocenters. The van der Waals surface area contributed by atoms with Gasteiger partial charge in [-0.05, 0) is 30.3 Å². The van der Waals surface area contributed by atoms with Gasteiger partial charge in [-0.25, -0.2) is 5.43 Å². The SMILES string of the molecule is O=C(NN=Cc1cccc(Cl)c1Cl)C(Oc1ccccc1)Oc1ccccc1. The van der Waals surface area contributed by atoms with Gasteiger partial charge in [-0.1, -0.05) is 71.7 Å². The zero-order valence-corrected chi connectivity index (χ0v) is 16.1. The Kier molecular flexibility index (Phi) is 6.89. The van der Waals surface area contributed by atoms with Crippen molar-refractivity contribution in [3.05, 3.63) is 94.5 Å². The van der Waals surface area contributed by atoms with Crippen molar-refractivity contribution in [1.82, 2.24) is 5.43 Å². The average Bonchev–Trinajstić information content (AvgIpc) is 2.72. The van der Waals surface area contributed by atoms with Gasteiger partial charge in [0.2, 0.25) is 0 Å². The molecule has 1 amide bonds. The Hall–Kier alpha value is -3.02. The Morgan fingerprint density at radius 2 is 1.43 bits per heavy atom. The average molecular weight is 415 g/mol. The van der Waals surface area contributed by atoms with Crippen LogP contribution >= 0.6 is 23.2 Å². The molecule has 0 aliphatic heterocycles. The maximum atomic E-state index is 12.6. The Bertz CT molecular complexity index is 909. The number of halogens is 2. The zero-order chi connectivity index (χ0) is 19.8. The van der Waals surface area contributed by atoms with Crippen LogP contribution in [0.4, 0.5) is 0 Å². The topological polar surface area (TPSA) is 59.9 Å². The van der Waals surface area contributed by atoms with E-state index in [-0.39, 0.29) is 0 Å². The van der Waals surface area contributed by atoms with Gasteiger partial charge in [-0.15, -0.1) is 0 Å². The summed E-state index contributed by atoms with van der Waals surface area (Å²) in [7, 11) is 0. The predicted octanol–water partition coefficient (Wildman–Crippen LogP) is 4.93. The molecule has 0 radical (unpaired) electrons. The number of para-hydroxylation sites is 2. The monoisotopic (exact) mass is 414 g/mol. The number of hydrazone groups is 1. The minimum atomic E-state index is -1.24. The molecule has 0 atom stereocenters. The highest BCUT2D eigenvalue weighted by Crippen LogP contribution is 2.24. The normalized spacial score (nSPS) is 10.8. The zero-order valence-electron chi connectivity index (χ0n) is 14.6. The predicted molar refractivity (Wildman–Crippen MR) is 110 cm³/mol. The van der Waals surface area contributed by atoms with E-state index in [0.29, 0.717) is 27.1 Å². The van der Waals surface area contributed by atoms with Crippen LogP contribution in [0.25, 0.3) is 0 Å². The van der Waals surface area contributed by atoms with Gasteiger partial charge < -0.3 is 9.47 Å². The molecule has 0 spiro atoms. The Labute approximate surface area is 172 Å². The molecule has 3 aromatic carbocycles. The lowest BCUT2D eigenvalue weighted by molar-refractivity contribution is -0.140. The molecule has 7 heteroatoms. The molecular formula is C21H16Cl2N2O3. The number of rotatable bonds is 7. The maximum absolute atomic E-state index is 12.6. The molecule has 3 rings (SSSR count). The number of ether oxygens (including phenoxy) is 2. The van der Waals surface area contributed by atoms with Gasteiger partial charge in [-0.3, -0.25) is 4.79 Å². The first kappa shape index (κ1) is 19.7. The largest absolute Gasteiger partial charge is 0.446 e. The van der Waals surface area contributed by atoms with E-state index in [9.17, 15) is 4.79 Å². The summed E-state index contributed by atoms with van der Waals surface area (Å²) in [4.78, 5) is 12.6. The number of nitrogens with one attached hydrogen (secondary N) is 1. The fraction of sp³-hybridized carbons (Fsp3) is 0.0476. The van der Waals surface area contributed by atoms with E-state index in [0.717, 1.165) is 0 Å². The van der Waals surface area contributed by atoms with Crippen molar-refractivity contribution in [1.29, 1.82) is 0 Å². The van der Waals surface area contributed by atoms with Crippen molar-refractivity contribution >= 4 is 35.3 Å². The van der Waals surface area contributed by atoms with Crippen LogP contribution in [0.1, 0.15) is 5.56 Å². The third-order valence-corrected chi connectivity index (χ3v) is 4.38. The van der Waals surface area contributed by atoms with E-state index < -0.39 is 12.2 Å². The first-order chi connectivity index (χ1) is 13.6. The highest BCUT2D eigenvalue weighted by molar-refractivity contribution is 6.43. The summed E-state index contributed by atoms with van der Waals surface area (Å²) in [6, 6.07) is 22.9. The number of carbonyl (C=O) groups is 1. The maximum Gasteiger partial charge on any atom is 0.323 e. The Morgan fingerprint density at radius 1 is 0.857 bits per heavy atom. The van der Waals surface area contributed by atoms with Gasteiger partial charge >= 0.3 is 12.2 Å². The van der Waals surface area contributed by atoms with Crippen molar-refractivity contribution in [2.45, 2.75) is 6.29 Å². The molecule has 0 saturated carbocycles. The fourth-order valence-electron chi connectivity index (χ4n) is 2.21. The molecule has 0 bridgehead atoms. The number of carbonyl (C=O) groups excluding carboxylic acids is 1. The molecule has 28 heavy (non-hydrogen) atoms. The number of benzene rings is 3. The molecule has 0 heterocycles. The Balaban J connectivity index is 1.72. The molecular weight excluding hydrogens is 399 g/mol. The number of hydrogen-bond donors (Lipinski definition) is 1. The fourth-order valence-corrected chi connectivity index (χ4v) is 2.57. The van der Waals surface area contributed by atoms with E-state index in [1.54, 1.807) is 66.7 Å². The van der Waals surface area contributed by atoms with E-state index >= 15 is 0 Å². The van der Waals surface area contributed by atoms with Gasteiger partial charge in [0.1, 0.15) is 11.5 Å². The van der Waals surface area contributed by atoms with Crippen LogP contribution in [0.2, 0.25) is 10.0 Å². The Morgan fingerprint density at radius 3 is 2.00 bits per heavy atom. The molecule has 5 nitrogen and oxygen atoms in total. The highest BCUT2D eigenvalue weighted by Gasteiger charge is 2.22. The van der Waals surface area contributed by atoms with Crippen LogP contribution in [0, 0.1) is 0 Å². The van der Waals surface area contributed by atoms with Crippen molar-refractivity contribution < 1.29 is 14.3 Å². The lowest BCUT2D eigenvalue weighted by atomic mass is 10.2. The van der Waals surface area contributed by atoms with E-state index in [1.165, 1.54) is 6.21 Å². The summed E-state index contributed by atoms with van der Waals surface area (Å²) in [5.41, 5.74) is 2.97. The summed E-state index contributed by atoms with van der Waals surface area (Å²) >= 11 is 12.1. The van der Waals surface area contributed by atoms with Gasteiger partial charge in [0.05, 0.1) is 16.3 Å². The summed E-state index contributed by atoms with van der Waals surface area (Å²) in [5, 5.41) is 4.66. The molecule has 142 valence electrons. The minimum Gasteiger partial charge on any atom is -0.446 e. The van der Waals surface area contributed by atoms with Crippen LogP contribution in [-0.2, 0) is 4.79 Å². The number of amides is 1. The van der Waals surface area contributed by atoms with Crippen molar-refractivity contribution in [3.8, 4) is 11.5 Å². The molecule has 0 fully saturated rings. The number of nitrogens with zero attached hydrogens (tertiary/aromatic N) is 1. The second kappa shape index (κ2) is 9.78. The number of hydrogen-bond acceptors (Lipinski definition) is 4. The van der Waals surface area contributed by atoms with E-state index in [4.69, 9.17) is 32.7 Å². The van der Waals surface area contributed by atoms with Crippen molar-refractivity contribution in [2.24, 2.45) is 5.10 Å². The minimum absolute atomic E-state index is 0.347. The van der Waals surface area contributed by atoms with Crippen LogP contribution in [0.5, 0.6) is 11.5 Å². The van der Waals surface area contributed by atoms with Gasteiger partial charge in [-0.2, -0.15) is 5.10 Å².